The van der Waals surface area contributed by atoms with E-state index in [4.69, 9.17) is 10.8 Å². The monoisotopic (exact) mass is 99.1 g/mol. The first-order valence-corrected chi connectivity index (χ1v) is 1.51. The molecule has 0 unspecified atom stereocenters. The molecule has 2 nitrogen and oxygen atoms in total. The molecule has 0 aliphatic carbocycles. The Morgan fingerprint density at radius 1 is 1.50 bits per heavy atom. The molecule has 0 aliphatic rings. The number of hydrogen-bond donors (Lipinski definition) is 2. The van der Waals surface area contributed by atoms with Crippen LogP contribution < -0.4 is 5.73 Å². The Morgan fingerprint density at radius 3 is 1.50 bits per heavy atom. The molecule has 0 bridgehead atoms. The summed E-state index contributed by atoms with van der Waals surface area (Å²) in [5.74, 6) is 0. The van der Waals surface area contributed by atoms with Crippen LogP contribution in [0.2, 0.25) is 0 Å². The van der Waals surface area contributed by atoms with Crippen LogP contribution in [0.15, 0.2) is 0 Å². The predicted octanol–water partition coefficient (Wildman–Crippen LogP) is -0.975. The van der Waals surface area contributed by atoms with Gasteiger partial charge in [-0.25, -0.2) is 0 Å². The normalized spacial score (nSPS) is 10.0. The number of hydrogen-bond acceptors (Lipinski definition) is 2. The maximum absolute atomic E-state index is 8.30. The molecule has 0 aromatic carbocycles. The Balaban J connectivity index is 0. The Kier molecular flexibility index (Phi) is 5.00. The average Bonchev–Trinajstić information content (AvgIpc) is 0.722. The van der Waals surface area contributed by atoms with Crippen molar-refractivity contribution in [1.82, 2.24) is 0 Å². The van der Waals surface area contributed by atoms with Gasteiger partial charge in [-0.3, -0.25) is 0 Å². The quantitative estimate of drug-likeness (QED) is 0.303. The molecule has 34 valence electrons. The van der Waals surface area contributed by atoms with Gasteiger partial charge in [-0.1, -0.05) is 0 Å². The molecule has 0 atom stereocenters. The Bertz CT molecular complexity index is 26.3. The zero-order valence-electron chi connectivity index (χ0n) is 3.52. The molecular formula is C3H10NNaO. The van der Waals surface area contributed by atoms with E-state index < -0.39 is 5.72 Å². The van der Waals surface area contributed by atoms with Crippen LogP contribution in [0.25, 0.3) is 0 Å². The summed E-state index contributed by atoms with van der Waals surface area (Å²) in [7, 11) is 0. The van der Waals surface area contributed by atoms with Crippen molar-refractivity contribution >= 4 is 29.6 Å². The molecule has 0 heterocycles. The molecule has 0 fully saturated rings. The first kappa shape index (κ1) is 10.0. The van der Waals surface area contributed by atoms with E-state index in [2.05, 4.69) is 0 Å². The summed E-state index contributed by atoms with van der Waals surface area (Å²) < 4.78 is 0. The van der Waals surface area contributed by atoms with Gasteiger partial charge in [-0.05, 0) is 13.8 Å². The molecule has 0 aromatic heterocycles. The first-order valence-electron chi connectivity index (χ1n) is 1.51. The number of nitrogens with two attached hydrogens (primary N) is 1. The molecule has 0 amide bonds. The van der Waals surface area contributed by atoms with Crippen LogP contribution >= 0.6 is 0 Å². The van der Waals surface area contributed by atoms with E-state index in [1.807, 2.05) is 0 Å². The second kappa shape index (κ2) is 2.99. The SMILES string of the molecule is CC(C)(N)O.[NaH]. The average molecular weight is 99.1 g/mol. The van der Waals surface area contributed by atoms with Gasteiger partial charge < -0.3 is 10.8 Å². The molecule has 0 rings (SSSR count). The van der Waals surface area contributed by atoms with Crippen molar-refractivity contribution in [3.8, 4) is 0 Å². The molecular weight excluding hydrogens is 89.0 g/mol. The van der Waals surface area contributed by atoms with Crippen molar-refractivity contribution in [3.05, 3.63) is 0 Å². The summed E-state index contributed by atoms with van der Waals surface area (Å²) in [6.07, 6.45) is 0. The molecule has 0 radical (unpaired) electrons. The summed E-state index contributed by atoms with van der Waals surface area (Å²) in [5.41, 5.74) is 3.91. The molecule has 0 saturated carbocycles. The van der Waals surface area contributed by atoms with Crippen molar-refractivity contribution in [2.45, 2.75) is 19.6 Å². The van der Waals surface area contributed by atoms with Gasteiger partial charge in [0.25, 0.3) is 0 Å². The van der Waals surface area contributed by atoms with Gasteiger partial charge in [0.1, 0.15) is 5.72 Å². The van der Waals surface area contributed by atoms with Crippen molar-refractivity contribution in [2.24, 2.45) is 5.73 Å². The van der Waals surface area contributed by atoms with Gasteiger partial charge in [0.15, 0.2) is 0 Å². The summed E-state index contributed by atoms with van der Waals surface area (Å²) in [5, 5.41) is 8.30. The number of aliphatic hydroxyl groups is 1. The Labute approximate surface area is 60.0 Å². The molecule has 3 heteroatoms. The molecule has 0 spiro atoms. The van der Waals surface area contributed by atoms with Gasteiger partial charge >= 0.3 is 29.6 Å². The molecule has 3 N–H and O–H groups in total. The Morgan fingerprint density at radius 2 is 1.50 bits per heavy atom. The summed E-state index contributed by atoms with van der Waals surface area (Å²) in [6, 6.07) is 0. The van der Waals surface area contributed by atoms with Gasteiger partial charge in [-0.15, -0.1) is 0 Å². The van der Waals surface area contributed by atoms with Crippen molar-refractivity contribution in [2.75, 3.05) is 0 Å². The second-order valence-electron chi connectivity index (χ2n) is 1.65. The fraction of sp³-hybridized carbons (Fsp3) is 1.00. The second-order valence-corrected chi connectivity index (χ2v) is 1.65. The first-order chi connectivity index (χ1) is 2.00. The molecule has 0 aromatic rings. The van der Waals surface area contributed by atoms with E-state index in [0.717, 1.165) is 0 Å². The van der Waals surface area contributed by atoms with E-state index in [1.54, 1.807) is 0 Å². The van der Waals surface area contributed by atoms with Crippen molar-refractivity contribution < 1.29 is 5.11 Å². The third kappa shape index (κ3) is 89.3. The van der Waals surface area contributed by atoms with Crippen LogP contribution in [-0.2, 0) is 0 Å². The van der Waals surface area contributed by atoms with Gasteiger partial charge in [0.2, 0.25) is 0 Å². The molecule has 0 aliphatic heterocycles. The van der Waals surface area contributed by atoms with E-state index in [-0.39, 0.29) is 29.6 Å². The fourth-order valence-corrected chi connectivity index (χ4v) is 0. The zero-order valence-corrected chi connectivity index (χ0v) is 3.52. The van der Waals surface area contributed by atoms with Gasteiger partial charge in [-0.2, -0.15) is 0 Å². The van der Waals surface area contributed by atoms with Gasteiger partial charge in [0, 0.05) is 0 Å². The molecule has 0 saturated heterocycles. The standard InChI is InChI=1S/C3H9NO.Na.H/c1-3(2,4)5;;/h5H,4H2,1-2H3;;. The zero-order chi connectivity index (χ0) is 4.50. The minimum atomic E-state index is -1.00. The van der Waals surface area contributed by atoms with Crippen molar-refractivity contribution in [3.63, 3.8) is 0 Å². The van der Waals surface area contributed by atoms with Crippen LogP contribution in [0.3, 0.4) is 0 Å². The third-order valence-electron chi connectivity index (χ3n) is 0. The topological polar surface area (TPSA) is 46.2 Å². The Hall–Kier alpha value is 0.920. The van der Waals surface area contributed by atoms with Crippen LogP contribution in [0, 0.1) is 0 Å². The predicted molar refractivity (Wildman–Crippen MR) is 27.6 cm³/mol. The van der Waals surface area contributed by atoms with E-state index in [1.165, 1.54) is 13.8 Å². The van der Waals surface area contributed by atoms with Crippen LogP contribution in [-0.4, -0.2) is 40.4 Å². The summed E-state index contributed by atoms with van der Waals surface area (Å²) >= 11 is 0. The van der Waals surface area contributed by atoms with E-state index in [0.29, 0.717) is 0 Å². The van der Waals surface area contributed by atoms with Crippen LogP contribution in [0.4, 0.5) is 0 Å². The number of rotatable bonds is 0. The minimum absolute atomic E-state index is 0. The van der Waals surface area contributed by atoms with Crippen LogP contribution in [0.5, 0.6) is 0 Å². The summed E-state index contributed by atoms with van der Waals surface area (Å²) in [4.78, 5) is 0. The van der Waals surface area contributed by atoms with E-state index in [9.17, 15) is 0 Å². The fourth-order valence-electron chi connectivity index (χ4n) is 0. The summed E-state index contributed by atoms with van der Waals surface area (Å²) in [6.45, 7) is 3.04. The van der Waals surface area contributed by atoms with Gasteiger partial charge in [0.05, 0.1) is 0 Å². The van der Waals surface area contributed by atoms with E-state index >= 15 is 0 Å². The maximum atomic E-state index is 8.30. The molecule has 6 heavy (non-hydrogen) atoms. The van der Waals surface area contributed by atoms with Crippen LogP contribution in [0.1, 0.15) is 13.8 Å². The van der Waals surface area contributed by atoms with Crippen molar-refractivity contribution in [1.29, 1.82) is 0 Å². The third-order valence-corrected chi connectivity index (χ3v) is 0.